The van der Waals surface area contributed by atoms with E-state index in [0.717, 1.165) is 37.2 Å². The Balaban J connectivity index is 1.33. The van der Waals surface area contributed by atoms with Crippen molar-refractivity contribution in [3.05, 3.63) is 24.3 Å². The average molecular weight is 416 g/mol. The van der Waals surface area contributed by atoms with E-state index in [-0.39, 0.29) is 24.4 Å². The van der Waals surface area contributed by atoms with E-state index in [0.29, 0.717) is 49.4 Å². The molecule has 8 nitrogen and oxygen atoms in total. The summed E-state index contributed by atoms with van der Waals surface area (Å²) >= 11 is 0. The lowest BCUT2D eigenvalue weighted by molar-refractivity contribution is 0.228. The third-order valence-electron chi connectivity index (χ3n) is 5.32. The molecule has 160 valence electrons. The highest BCUT2D eigenvalue weighted by Crippen LogP contribution is 2.44. The molecule has 0 aliphatic carbocycles. The summed E-state index contributed by atoms with van der Waals surface area (Å²) in [5.74, 6) is 2.76. The molecule has 0 spiro atoms. The van der Waals surface area contributed by atoms with Gasteiger partial charge in [-0.05, 0) is 24.3 Å². The van der Waals surface area contributed by atoms with Gasteiger partial charge < -0.3 is 37.9 Å². The van der Waals surface area contributed by atoms with E-state index in [1.807, 2.05) is 24.3 Å². The highest BCUT2D eigenvalue weighted by atomic mass is 16.6. The van der Waals surface area contributed by atoms with Crippen molar-refractivity contribution in [3.63, 3.8) is 0 Å². The normalized spacial score (nSPS) is 28.1. The van der Waals surface area contributed by atoms with Crippen molar-refractivity contribution in [3.8, 4) is 23.0 Å². The maximum Gasteiger partial charge on any atom is 0.169 e. The predicted molar refractivity (Wildman–Crippen MR) is 105 cm³/mol. The SMILES string of the molecule is c1cc2c(OCC3CO3)c(OCC3CO3)ccc2c(OCC2CO2)c1OCC1CO1. The second kappa shape index (κ2) is 7.77. The van der Waals surface area contributed by atoms with Crippen LogP contribution in [0.2, 0.25) is 0 Å². The molecule has 0 bridgehead atoms. The second-order valence-electron chi connectivity index (χ2n) is 7.95. The Hall–Kier alpha value is -2.26. The molecule has 0 amide bonds. The number of hydrogen-bond donors (Lipinski definition) is 0. The van der Waals surface area contributed by atoms with Gasteiger partial charge in [-0.3, -0.25) is 0 Å². The molecule has 4 saturated heterocycles. The fourth-order valence-corrected chi connectivity index (χ4v) is 3.21. The van der Waals surface area contributed by atoms with Crippen LogP contribution in [0.15, 0.2) is 24.3 Å². The summed E-state index contributed by atoms with van der Waals surface area (Å²) in [5.41, 5.74) is 0. The molecule has 4 aliphatic heterocycles. The molecule has 4 atom stereocenters. The first-order valence-electron chi connectivity index (χ1n) is 10.4. The first-order chi connectivity index (χ1) is 14.8. The molecule has 8 heteroatoms. The van der Waals surface area contributed by atoms with Crippen molar-refractivity contribution in [2.45, 2.75) is 24.4 Å². The van der Waals surface area contributed by atoms with E-state index in [9.17, 15) is 0 Å². The molecule has 4 unspecified atom stereocenters. The summed E-state index contributed by atoms with van der Waals surface area (Å²) in [6.07, 6.45) is 0.615. The van der Waals surface area contributed by atoms with Crippen LogP contribution in [-0.4, -0.2) is 77.3 Å². The van der Waals surface area contributed by atoms with Gasteiger partial charge in [0.1, 0.15) is 50.8 Å². The highest BCUT2D eigenvalue weighted by molar-refractivity contribution is 5.97. The van der Waals surface area contributed by atoms with Gasteiger partial charge in [0.15, 0.2) is 23.0 Å². The molecule has 0 N–H and O–H groups in total. The Morgan fingerprint density at radius 2 is 0.867 bits per heavy atom. The van der Waals surface area contributed by atoms with Gasteiger partial charge in [-0.15, -0.1) is 0 Å². The van der Waals surface area contributed by atoms with Crippen molar-refractivity contribution < 1.29 is 37.9 Å². The van der Waals surface area contributed by atoms with Crippen LogP contribution in [0.1, 0.15) is 0 Å². The molecule has 2 aromatic rings. The lowest BCUT2D eigenvalue weighted by Crippen LogP contribution is -2.10. The maximum absolute atomic E-state index is 6.14. The van der Waals surface area contributed by atoms with Gasteiger partial charge in [0.05, 0.1) is 26.4 Å². The van der Waals surface area contributed by atoms with Crippen molar-refractivity contribution in [2.24, 2.45) is 0 Å². The zero-order valence-electron chi connectivity index (χ0n) is 16.5. The summed E-state index contributed by atoms with van der Waals surface area (Å²) in [6.45, 7) is 4.93. The van der Waals surface area contributed by atoms with Crippen LogP contribution >= 0.6 is 0 Å². The van der Waals surface area contributed by atoms with Crippen LogP contribution in [0.4, 0.5) is 0 Å². The molecule has 0 aromatic heterocycles. The van der Waals surface area contributed by atoms with E-state index in [1.165, 1.54) is 0 Å². The first-order valence-corrected chi connectivity index (χ1v) is 10.4. The van der Waals surface area contributed by atoms with Gasteiger partial charge >= 0.3 is 0 Å². The zero-order chi connectivity index (χ0) is 19.9. The molecular weight excluding hydrogens is 392 g/mol. The number of hydrogen-bond acceptors (Lipinski definition) is 8. The molecule has 4 aliphatic rings. The Morgan fingerprint density at radius 1 is 0.533 bits per heavy atom. The van der Waals surface area contributed by atoms with Gasteiger partial charge in [0, 0.05) is 10.8 Å². The maximum atomic E-state index is 6.14. The molecule has 4 fully saturated rings. The van der Waals surface area contributed by atoms with Gasteiger partial charge in [0.2, 0.25) is 0 Å². The summed E-state index contributed by atoms with van der Waals surface area (Å²) in [4.78, 5) is 0. The van der Waals surface area contributed by atoms with Crippen molar-refractivity contribution in [1.29, 1.82) is 0 Å². The Bertz CT molecular complexity index is 840. The summed E-state index contributed by atoms with van der Waals surface area (Å²) in [7, 11) is 0. The van der Waals surface area contributed by atoms with E-state index in [2.05, 4.69) is 0 Å². The highest BCUT2D eigenvalue weighted by Gasteiger charge is 2.29. The van der Waals surface area contributed by atoms with Crippen molar-refractivity contribution in [2.75, 3.05) is 52.9 Å². The third kappa shape index (κ3) is 4.41. The monoisotopic (exact) mass is 416 g/mol. The largest absolute Gasteiger partial charge is 0.487 e. The summed E-state index contributed by atoms with van der Waals surface area (Å²) < 4.78 is 45.4. The van der Waals surface area contributed by atoms with Crippen LogP contribution in [0.3, 0.4) is 0 Å². The van der Waals surface area contributed by atoms with Crippen LogP contribution in [0.25, 0.3) is 10.8 Å². The first kappa shape index (κ1) is 18.5. The average Bonchev–Trinajstić information content (AvgIpc) is 3.61. The molecule has 0 radical (unpaired) electrons. The lowest BCUT2D eigenvalue weighted by Gasteiger charge is -2.18. The van der Waals surface area contributed by atoms with Crippen molar-refractivity contribution in [1.82, 2.24) is 0 Å². The lowest BCUT2D eigenvalue weighted by atomic mass is 10.1. The fourth-order valence-electron chi connectivity index (χ4n) is 3.21. The fraction of sp³-hybridized carbons (Fsp3) is 0.545. The molecule has 2 aromatic carbocycles. The number of fused-ring (bicyclic) bond motifs is 1. The number of rotatable bonds is 12. The molecule has 0 saturated carbocycles. The molecule has 4 heterocycles. The van der Waals surface area contributed by atoms with E-state index in [1.54, 1.807) is 0 Å². The zero-order valence-corrected chi connectivity index (χ0v) is 16.5. The quantitative estimate of drug-likeness (QED) is 0.485. The standard InChI is InChI=1S/C22H24O8/c1-3-19(27-9-13-5-23-13)22(30-12-16-8-26-16)18-2-4-20(28-10-14-6-24-14)21(17(1)18)29-11-15-7-25-15/h1-4,13-16H,5-12H2. The van der Waals surface area contributed by atoms with Gasteiger partial charge in [-0.25, -0.2) is 0 Å². The van der Waals surface area contributed by atoms with Gasteiger partial charge in [-0.2, -0.15) is 0 Å². The Labute approximate surface area is 173 Å². The minimum absolute atomic E-state index is 0.142. The Morgan fingerprint density at radius 3 is 1.20 bits per heavy atom. The number of ether oxygens (including phenoxy) is 8. The topological polar surface area (TPSA) is 87.0 Å². The van der Waals surface area contributed by atoms with E-state index < -0.39 is 0 Å². The van der Waals surface area contributed by atoms with Crippen LogP contribution in [0.5, 0.6) is 23.0 Å². The molecule has 6 rings (SSSR count). The minimum Gasteiger partial charge on any atom is -0.487 e. The van der Waals surface area contributed by atoms with Crippen LogP contribution < -0.4 is 18.9 Å². The van der Waals surface area contributed by atoms with Gasteiger partial charge in [-0.1, -0.05) is 0 Å². The minimum atomic E-state index is 0.142. The van der Waals surface area contributed by atoms with E-state index in [4.69, 9.17) is 37.9 Å². The Kier molecular flexibility index (Phi) is 4.79. The number of epoxide rings is 4. The van der Waals surface area contributed by atoms with Gasteiger partial charge in [0.25, 0.3) is 0 Å². The third-order valence-corrected chi connectivity index (χ3v) is 5.32. The second-order valence-corrected chi connectivity index (χ2v) is 7.95. The predicted octanol–water partition coefficient (Wildman–Crippen LogP) is 1.95. The summed E-state index contributed by atoms with van der Waals surface area (Å²) in [6, 6.07) is 7.81. The molecule has 30 heavy (non-hydrogen) atoms. The van der Waals surface area contributed by atoms with Crippen LogP contribution in [-0.2, 0) is 18.9 Å². The van der Waals surface area contributed by atoms with Crippen molar-refractivity contribution >= 4 is 10.8 Å². The smallest absolute Gasteiger partial charge is 0.169 e. The molecular formula is C22H24O8. The van der Waals surface area contributed by atoms with E-state index >= 15 is 0 Å². The summed E-state index contributed by atoms with van der Waals surface area (Å²) in [5, 5.41) is 1.82. The van der Waals surface area contributed by atoms with Crippen LogP contribution in [0, 0.1) is 0 Å². The number of benzene rings is 2.